The molecule has 4 saturated carbocycles. The maximum Gasteiger partial charge on any atom is 0.336 e. The number of carboxylic acid groups (broad SMARTS) is 1. The number of H-pyrrole nitrogens is 1. The number of carbonyl (C=O) groups is 2. The summed E-state index contributed by atoms with van der Waals surface area (Å²) in [5.74, 6) is 2.08. The average molecular weight is 512 g/mol. The molecule has 1 amide bonds. The second-order valence-electron chi connectivity index (χ2n) is 12.4. The summed E-state index contributed by atoms with van der Waals surface area (Å²) in [6.45, 7) is 5.89. The van der Waals surface area contributed by atoms with E-state index in [9.17, 15) is 14.7 Å². The number of anilines is 1. The van der Waals surface area contributed by atoms with Gasteiger partial charge in [-0.15, -0.1) is 0 Å². The van der Waals surface area contributed by atoms with Gasteiger partial charge in [0.25, 0.3) is 5.91 Å². The van der Waals surface area contributed by atoms with Crippen molar-refractivity contribution in [1.82, 2.24) is 9.97 Å². The van der Waals surface area contributed by atoms with Gasteiger partial charge in [-0.25, -0.2) is 9.78 Å². The topological polar surface area (TPSA) is 95.1 Å². The van der Waals surface area contributed by atoms with Gasteiger partial charge in [0.2, 0.25) is 0 Å². The lowest BCUT2D eigenvalue weighted by Crippen LogP contribution is -2.46. The Morgan fingerprint density at radius 2 is 1.61 bits per heavy atom. The molecular formula is C32H37N3O3. The molecule has 38 heavy (non-hydrogen) atoms. The molecule has 1 heterocycles. The summed E-state index contributed by atoms with van der Waals surface area (Å²) in [5.41, 5.74) is 6.25. The smallest absolute Gasteiger partial charge is 0.336 e. The van der Waals surface area contributed by atoms with Gasteiger partial charge >= 0.3 is 5.97 Å². The van der Waals surface area contributed by atoms with Gasteiger partial charge in [-0.2, -0.15) is 0 Å². The summed E-state index contributed by atoms with van der Waals surface area (Å²) >= 11 is 0. The normalized spacial score (nSPS) is 25.5. The van der Waals surface area contributed by atoms with Crippen molar-refractivity contribution in [2.24, 2.45) is 23.2 Å². The molecule has 0 saturated heterocycles. The van der Waals surface area contributed by atoms with Crippen LogP contribution >= 0.6 is 0 Å². The lowest BCUT2D eigenvalue weighted by atomic mass is 9.48. The monoisotopic (exact) mass is 511 g/mol. The average Bonchev–Trinajstić information content (AvgIpc) is 3.27. The third-order valence-electron chi connectivity index (χ3n) is 9.51. The third kappa shape index (κ3) is 4.55. The molecular weight excluding hydrogens is 474 g/mol. The summed E-state index contributed by atoms with van der Waals surface area (Å²) < 4.78 is 0. The van der Waals surface area contributed by atoms with Gasteiger partial charge in [0, 0.05) is 16.9 Å². The zero-order valence-corrected chi connectivity index (χ0v) is 22.6. The van der Waals surface area contributed by atoms with Crippen molar-refractivity contribution in [2.75, 3.05) is 5.32 Å². The van der Waals surface area contributed by atoms with E-state index in [1.165, 1.54) is 44.6 Å². The number of rotatable bonds is 7. The second-order valence-corrected chi connectivity index (χ2v) is 12.4. The van der Waals surface area contributed by atoms with E-state index in [-0.39, 0.29) is 11.5 Å². The zero-order chi connectivity index (χ0) is 26.6. The van der Waals surface area contributed by atoms with E-state index < -0.39 is 5.97 Å². The number of nitrogens with one attached hydrogen (secondary N) is 2. The summed E-state index contributed by atoms with van der Waals surface area (Å²) in [4.78, 5) is 33.6. The number of imidazole rings is 1. The highest BCUT2D eigenvalue weighted by molar-refractivity contribution is 6.05. The number of hydrogen-bond acceptors (Lipinski definition) is 3. The molecule has 6 nitrogen and oxygen atoms in total. The molecule has 4 aliphatic rings. The van der Waals surface area contributed by atoms with Crippen molar-refractivity contribution in [3.63, 3.8) is 0 Å². The van der Waals surface area contributed by atoms with Crippen LogP contribution in [-0.2, 0) is 6.42 Å². The molecule has 7 rings (SSSR count). The molecule has 0 aliphatic heterocycles. The lowest BCUT2D eigenvalue weighted by Gasteiger charge is -2.57. The van der Waals surface area contributed by atoms with Crippen LogP contribution in [0.15, 0.2) is 36.4 Å². The number of aryl methyl sites for hydroxylation is 4. The van der Waals surface area contributed by atoms with Crippen molar-refractivity contribution in [3.05, 3.63) is 70.0 Å². The maximum absolute atomic E-state index is 13.6. The number of aromatic carboxylic acids is 1. The molecule has 198 valence electrons. The second kappa shape index (κ2) is 9.40. The van der Waals surface area contributed by atoms with Crippen LogP contribution in [0, 0.1) is 43.9 Å². The maximum atomic E-state index is 13.6. The van der Waals surface area contributed by atoms with Gasteiger partial charge in [0.1, 0.15) is 11.5 Å². The first kappa shape index (κ1) is 24.9. The molecule has 0 radical (unpaired) electrons. The number of hydrogen-bond donors (Lipinski definition) is 3. The van der Waals surface area contributed by atoms with Crippen molar-refractivity contribution in [2.45, 2.75) is 72.1 Å². The summed E-state index contributed by atoms with van der Waals surface area (Å²) in [5, 5.41) is 12.4. The van der Waals surface area contributed by atoms with Crippen LogP contribution in [0.3, 0.4) is 0 Å². The zero-order valence-electron chi connectivity index (χ0n) is 22.6. The number of benzene rings is 2. The molecule has 4 aliphatic carbocycles. The fourth-order valence-electron chi connectivity index (χ4n) is 8.19. The fourth-order valence-corrected chi connectivity index (χ4v) is 8.19. The fraction of sp³-hybridized carbons (Fsp3) is 0.469. The van der Waals surface area contributed by atoms with Crippen LogP contribution in [-0.4, -0.2) is 27.0 Å². The molecule has 0 spiro atoms. The first-order chi connectivity index (χ1) is 18.2. The molecule has 0 atom stereocenters. The molecule has 3 aromatic rings. The van der Waals surface area contributed by atoms with Crippen molar-refractivity contribution >= 4 is 17.6 Å². The Balaban J connectivity index is 1.31. The van der Waals surface area contributed by atoms with Crippen LogP contribution in [0.25, 0.3) is 11.4 Å². The van der Waals surface area contributed by atoms with Gasteiger partial charge in [-0.1, -0.05) is 24.3 Å². The molecule has 2 aromatic carbocycles. The highest BCUT2D eigenvalue weighted by Gasteiger charge is 2.50. The number of nitrogens with zero attached hydrogens (tertiary/aromatic N) is 1. The molecule has 4 fully saturated rings. The molecule has 4 bridgehead atoms. The summed E-state index contributed by atoms with van der Waals surface area (Å²) in [6, 6.07) is 11.2. The Bertz CT molecular complexity index is 1360. The minimum Gasteiger partial charge on any atom is -0.478 e. The van der Waals surface area contributed by atoms with E-state index >= 15 is 0 Å². The minimum atomic E-state index is -1.01. The Morgan fingerprint density at radius 1 is 0.974 bits per heavy atom. The number of aromatic amines is 1. The first-order valence-corrected chi connectivity index (χ1v) is 14.0. The Morgan fingerprint density at radius 3 is 2.21 bits per heavy atom. The minimum absolute atomic E-state index is 0.183. The van der Waals surface area contributed by atoms with Gasteiger partial charge in [-0.05, 0) is 124 Å². The van der Waals surface area contributed by atoms with Crippen LogP contribution in [0.1, 0.15) is 88.2 Å². The summed E-state index contributed by atoms with van der Waals surface area (Å²) in [7, 11) is 0. The Kier molecular flexibility index (Phi) is 6.16. The first-order valence-electron chi connectivity index (χ1n) is 14.0. The number of aromatic nitrogens is 2. The van der Waals surface area contributed by atoms with Gasteiger partial charge in [0.15, 0.2) is 0 Å². The van der Waals surface area contributed by atoms with Crippen LogP contribution in [0.5, 0.6) is 0 Å². The molecule has 6 heteroatoms. The number of amides is 1. The highest BCUT2D eigenvalue weighted by Crippen LogP contribution is 2.61. The largest absolute Gasteiger partial charge is 0.478 e. The predicted octanol–water partition coefficient (Wildman–Crippen LogP) is 7.10. The van der Waals surface area contributed by atoms with E-state index in [2.05, 4.69) is 36.3 Å². The van der Waals surface area contributed by atoms with Crippen LogP contribution in [0.4, 0.5) is 5.69 Å². The Hall–Kier alpha value is -3.41. The van der Waals surface area contributed by atoms with E-state index in [0.717, 1.165) is 58.8 Å². The molecule has 1 aromatic heterocycles. The predicted molar refractivity (Wildman–Crippen MR) is 149 cm³/mol. The van der Waals surface area contributed by atoms with E-state index in [1.54, 1.807) is 19.1 Å². The van der Waals surface area contributed by atoms with E-state index in [4.69, 9.17) is 4.98 Å². The van der Waals surface area contributed by atoms with Crippen LogP contribution in [0.2, 0.25) is 0 Å². The van der Waals surface area contributed by atoms with E-state index in [0.29, 0.717) is 22.4 Å². The van der Waals surface area contributed by atoms with Crippen molar-refractivity contribution in [3.8, 4) is 11.4 Å². The number of carbonyl (C=O) groups excluding carboxylic acids is 1. The Labute approximate surface area is 224 Å². The van der Waals surface area contributed by atoms with E-state index in [1.807, 2.05) is 6.07 Å². The molecule has 0 unspecified atom stereocenters. The quantitative estimate of drug-likeness (QED) is 0.315. The van der Waals surface area contributed by atoms with Gasteiger partial charge in [-0.3, -0.25) is 4.79 Å². The third-order valence-corrected chi connectivity index (χ3v) is 9.51. The molecule has 3 N–H and O–H groups in total. The van der Waals surface area contributed by atoms with Crippen molar-refractivity contribution < 1.29 is 14.7 Å². The lowest BCUT2D eigenvalue weighted by molar-refractivity contribution is -0.0570. The van der Waals surface area contributed by atoms with Crippen LogP contribution < -0.4 is 5.32 Å². The van der Waals surface area contributed by atoms with Gasteiger partial charge < -0.3 is 15.4 Å². The standard InChI is InChI=1S/C32H37N3O3/c1-18-7-8-24(14-25(18)31(37)38)33-30(36)28-26(34-29(35-28)27-19(2)5-4-6-20(27)3)9-10-32-15-21-11-22(16-32)13-23(12-21)17-32/h4-8,14,21-23H,9-13,15-17H2,1-3H3,(H,33,36)(H,34,35)(H,37,38). The SMILES string of the molecule is Cc1ccc(NC(=O)c2nc(-c3c(C)cccc3C)[nH]c2CCC23CC4CC(CC(C4)C2)C3)cc1C(=O)O. The van der Waals surface area contributed by atoms with Gasteiger partial charge in [0.05, 0.1) is 5.56 Å². The van der Waals surface area contributed by atoms with Crippen molar-refractivity contribution in [1.29, 1.82) is 0 Å². The highest BCUT2D eigenvalue weighted by atomic mass is 16.4. The number of carboxylic acids is 1. The summed E-state index contributed by atoms with van der Waals surface area (Å²) in [6.07, 6.45) is 10.1.